The zero-order chi connectivity index (χ0) is 12.9. The van der Waals surface area contributed by atoms with Gasteiger partial charge < -0.3 is 15.0 Å². The summed E-state index contributed by atoms with van der Waals surface area (Å²) in [6.07, 6.45) is 2.59. The van der Waals surface area contributed by atoms with E-state index in [2.05, 4.69) is 12.2 Å². The molecule has 4 nitrogen and oxygen atoms in total. The molecule has 1 rings (SSSR count). The SMILES string of the molecule is CCNC1CCN(C(=O)CC(C)(C)OC)CC1. The van der Waals surface area contributed by atoms with E-state index in [1.165, 1.54) is 0 Å². The van der Waals surface area contributed by atoms with Crippen molar-refractivity contribution < 1.29 is 9.53 Å². The molecule has 0 aromatic rings. The number of nitrogens with one attached hydrogen (secondary N) is 1. The van der Waals surface area contributed by atoms with Gasteiger partial charge in [-0.3, -0.25) is 4.79 Å². The second-order valence-corrected chi connectivity index (χ2v) is 5.35. The highest BCUT2D eigenvalue weighted by Gasteiger charge is 2.27. The number of hydrogen-bond donors (Lipinski definition) is 1. The fourth-order valence-electron chi connectivity index (χ4n) is 2.17. The van der Waals surface area contributed by atoms with Crippen LogP contribution in [0.2, 0.25) is 0 Å². The van der Waals surface area contributed by atoms with E-state index in [0.717, 1.165) is 32.5 Å². The second kappa shape index (κ2) is 6.36. The molecule has 1 heterocycles. The maximum Gasteiger partial charge on any atom is 0.225 e. The first-order valence-corrected chi connectivity index (χ1v) is 6.55. The van der Waals surface area contributed by atoms with Gasteiger partial charge in [0.25, 0.3) is 0 Å². The highest BCUT2D eigenvalue weighted by Crippen LogP contribution is 2.17. The van der Waals surface area contributed by atoms with Gasteiger partial charge in [-0.2, -0.15) is 0 Å². The van der Waals surface area contributed by atoms with Crippen molar-refractivity contribution in [2.75, 3.05) is 26.7 Å². The number of rotatable bonds is 5. The molecule has 1 fully saturated rings. The summed E-state index contributed by atoms with van der Waals surface area (Å²) in [7, 11) is 1.66. The summed E-state index contributed by atoms with van der Waals surface area (Å²) >= 11 is 0. The van der Waals surface area contributed by atoms with Crippen LogP contribution in [0, 0.1) is 0 Å². The number of nitrogens with zero attached hydrogens (tertiary/aromatic N) is 1. The van der Waals surface area contributed by atoms with Crippen molar-refractivity contribution in [1.82, 2.24) is 10.2 Å². The molecule has 0 spiro atoms. The second-order valence-electron chi connectivity index (χ2n) is 5.35. The molecule has 1 aliphatic heterocycles. The number of likely N-dealkylation sites (tertiary alicyclic amines) is 1. The van der Waals surface area contributed by atoms with E-state index in [4.69, 9.17) is 4.74 Å². The molecule has 0 unspecified atom stereocenters. The van der Waals surface area contributed by atoms with E-state index in [1.54, 1.807) is 7.11 Å². The lowest BCUT2D eigenvalue weighted by atomic mass is 10.0. The number of piperidine rings is 1. The van der Waals surface area contributed by atoms with Crippen molar-refractivity contribution in [2.45, 2.75) is 51.7 Å². The average Bonchev–Trinajstić information content (AvgIpc) is 2.30. The predicted molar refractivity (Wildman–Crippen MR) is 69.0 cm³/mol. The smallest absolute Gasteiger partial charge is 0.225 e. The third kappa shape index (κ3) is 4.64. The topological polar surface area (TPSA) is 41.6 Å². The lowest BCUT2D eigenvalue weighted by Gasteiger charge is -2.34. The van der Waals surface area contributed by atoms with Crippen molar-refractivity contribution in [1.29, 1.82) is 0 Å². The Morgan fingerprint density at radius 2 is 2.00 bits per heavy atom. The van der Waals surface area contributed by atoms with Gasteiger partial charge in [0.05, 0.1) is 12.0 Å². The zero-order valence-electron chi connectivity index (χ0n) is 11.6. The van der Waals surface area contributed by atoms with Gasteiger partial charge in [0, 0.05) is 26.2 Å². The number of amides is 1. The molecule has 1 saturated heterocycles. The summed E-state index contributed by atoms with van der Waals surface area (Å²) in [6, 6.07) is 0.583. The van der Waals surface area contributed by atoms with Crippen LogP contribution < -0.4 is 5.32 Å². The molecule has 0 saturated carbocycles. The predicted octanol–water partition coefficient (Wildman–Crippen LogP) is 1.40. The fourth-order valence-corrected chi connectivity index (χ4v) is 2.17. The summed E-state index contributed by atoms with van der Waals surface area (Å²) in [6.45, 7) is 8.78. The van der Waals surface area contributed by atoms with Crippen LogP contribution in [0.15, 0.2) is 0 Å². The van der Waals surface area contributed by atoms with Crippen LogP contribution >= 0.6 is 0 Å². The summed E-state index contributed by atoms with van der Waals surface area (Å²) in [5.74, 6) is 0.215. The van der Waals surface area contributed by atoms with Crippen molar-refractivity contribution in [2.24, 2.45) is 0 Å². The number of methoxy groups -OCH3 is 1. The van der Waals surface area contributed by atoms with Gasteiger partial charge in [-0.15, -0.1) is 0 Å². The Morgan fingerprint density at radius 3 is 2.47 bits per heavy atom. The summed E-state index contributed by atoms with van der Waals surface area (Å²) in [5.41, 5.74) is -0.352. The molecule has 0 aliphatic carbocycles. The van der Waals surface area contributed by atoms with Gasteiger partial charge in [-0.05, 0) is 33.2 Å². The molecular formula is C13H26N2O2. The first kappa shape index (κ1) is 14.5. The van der Waals surface area contributed by atoms with Crippen molar-refractivity contribution in [3.05, 3.63) is 0 Å². The Bertz CT molecular complexity index is 246. The number of ether oxygens (including phenoxy) is 1. The van der Waals surface area contributed by atoms with Gasteiger partial charge in [-0.25, -0.2) is 0 Å². The Balaban J connectivity index is 2.36. The number of carbonyl (C=O) groups excluding carboxylic acids is 1. The minimum absolute atomic E-state index is 0.215. The molecule has 0 atom stereocenters. The Morgan fingerprint density at radius 1 is 1.41 bits per heavy atom. The van der Waals surface area contributed by atoms with Crippen molar-refractivity contribution in [3.8, 4) is 0 Å². The molecule has 4 heteroatoms. The van der Waals surface area contributed by atoms with Crippen LogP contribution in [0.25, 0.3) is 0 Å². The Kier molecular flexibility index (Phi) is 5.40. The van der Waals surface area contributed by atoms with Crippen LogP contribution in [0.1, 0.15) is 40.0 Å². The molecular weight excluding hydrogens is 216 g/mol. The normalized spacial score (nSPS) is 18.5. The first-order chi connectivity index (χ1) is 7.98. The van der Waals surface area contributed by atoms with Crippen molar-refractivity contribution >= 4 is 5.91 Å². The molecule has 0 aromatic carbocycles. The minimum atomic E-state index is -0.352. The minimum Gasteiger partial charge on any atom is -0.378 e. The average molecular weight is 242 g/mol. The van der Waals surface area contributed by atoms with Gasteiger partial charge in [0.1, 0.15) is 0 Å². The van der Waals surface area contributed by atoms with E-state index < -0.39 is 0 Å². The number of hydrogen-bond acceptors (Lipinski definition) is 3. The molecule has 17 heavy (non-hydrogen) atoms. The summed E-state index contributed by atoms with van der Waals surface area (Å²) < 4.78 is 5.30. The van der Waals surface area contributed by atoms with Crippen LogP contribution in [0.5, 0.6) is 0 Å². The lowest BCUT2D eigenvalue weighted by Crippen LogP contribution is -2.46. The zero-order valence-corrected chi connectivity index (χ0v) is 11.6. The van der Waals surface area contributed by atoms with E-state index in [0.29, 0.717) is 12.5 Å². The molecule has 0 aromatic heterocycles. The largest absolute Gasteiger partial charge is 0.378 e. The maximum absolute atomic E-state index is 12.1. The highest BCUT2D eigenvalue weighted by atomic mass is 16.5. The Hall–Kier alpha value is -0.610. The van der Waals surface area contributed by atoms with Gasteiger partial charge in [0.2, 0.25) is 5.91 Å². The molecule has 0 bridgehead atoms. The highest BCUT2D eigenvalue weighted by molar-refractivity contribution is 5.77. The summed E-state index contributed by atoms with van der Waals surface area (Å²) in [5, 5.41) is 3.44. The van der Waals surface area contributed by atoms with E-state index in [-0.39, 0.29) is 11.5 Å². The molecule has 100 valence electrons. The van der Waals surface area contributed by atoms with E-state index in [9.17, 15) is 4.79 Å². The maximum atomic E-state index is 12.1. The van der Waals surface area contributed by atoms with Crippen LogP contribution in [0.3, 0.4) is 0 Å². The fraction of sp³-hybridized carbons (Fsp3) is 0.923. The van der Waals surface area contributed by atoms with Crippen molar-refractivity contribution in [3.63, 3.8) is 0 Å². The monoisotopic (exact) mass is 242 g/mol. The van der Waals surface area contributed by atoms with Crippen LogP contribution in [0.4, 0.5) is 0 Å². The quantitative estimate of drug-likeness (QED) is 0.792. The van der Waals surface area contributed by atoms with E-state index in [1.807, 2.05) is 18.7 Å². The van der Waals surface area contributed by atoms with Gasteiger partial charge in [-0.1, -0.05) is 6.92 Å². The van der Waals surface area contributed by atoms with E-state index >= 15 is 0 Å². The summed E-state index contributed by atoms with van der Waals surface area (Å²) in [4.78, 5) is 14.0. The molecule has 1 amide bonds. The third-order valence-electron chi connectivity index (χ3n) is 3.47. The van der Waals surface area contributed by atoms with Gasteiger partial charge >= 0.3 is 0 Å². The molecule has 1 aliphatic rings. The molecule has 0 radical (unpaired) electrons. The number of carbonyl (C=O) groups is 1. The third-order valence-corrected chi connectivity index (χ3v) is 3.47. The van der Waals surface area contributed by atoms with Crippen LogP contribution in [-0.2, 0) is 9.53 Å². The van der Waals surface area contributed by atoms with Crippen LogP contribution in [-0.4, -0.2) is 49.2 Å². The standard InChI is InChI=1S/C13H26N2O2/c1-5-14-11-6-8-15(9-7-11)12(16)10-13(2,3)17-4/h11,14H,5-10H2,1-4H3. The molecule has 1 N–H and O–H groups in total. The van der Waals surface area contributed by atoms with Gasteiger partial charge in [0.15, 0.2) is 0 Å². The Labute approximate surface area is 105 Å². The lowest BCUT2D eigenvalue weighted by molar-refractivity contribution is -0.137. The first-order valence-electron chi connectivity index (χ1n) is 6.55.